The lowest BCUT2D eigenvalue weighted by Crippen LogP contribution is -2.27. The van der Waals surface area contributed by atoms with Crippen LogP contribution in [0.1, 0.15) is 23.4 Å². The molecule has 1 unspecified atom stereocenters. The fourth-order valence-electron chi connectivity index (χ4n) is 2.39. The number of thiazole rings is 1. The topological polar surface area (TPSA) is 24.9 Å². The molecular formula is C16H19BrN2S. The van der Waals surface area contributed by atoms with Crippen molar-refractivity contribution < 1.29 is 0 Å². The first-order valence-electron chi connectivity index (χ1n) is 7.16. The highest BCUT2D eigenvalue weighted by atomic mass is 79.9. The van der Waals surface area contributed by atoms with Crippen LogP contribution in [0.4, 0.5) is 0 Å². The van der Waals surface area contributed by atoms with E-state index in [0.717, 1.165) is 29.9 Å². The second-order valence-electron chi connectivity index (χ2n) is 5.51. The van der Waals surface area contributed by atoms with Crippen LogP contribution in [0.2, 0.25) is 0 Å². The van der Waals surface area contributed by atoms with Gasteiger partial charge in [-0.25, -0.2) is 4.98 Å². The SMILES string of the molecule is Brc1ccc(CC(CNC2CC2)Cc2nccs2)cc1. The number of rotatable bonds is 7. The van der Waals surface area contributed by atoms with Gasteiger partial charge in [-0.15, -0.1) is 11.3 Å². The van der Waals surface area contributed by atoms with Crippen LogP contribution < -0.4 is 5.32 Å². The van der Waals surface area contributed by atoms with Gasteiger partial charge in [0.15, 0.2) is 0 Å². The minimum atomic E-state index is 0.628. The van der Waals surface area contributed by atoms with Crippen LogP contribution in [0.3, 0.4) is 0 Å². The predicted molar refractivity (Wildman–Crippen MR) is 88.2 cm³/mol. The molecule has 0 spiro atoms. The number of halogens is 1. The van der Waals surface area contributed by atoms with E-state index in [-0.39, 0.29) is 0 Å². The maximum absolute atomic E-state index is 4.44. The van der Waals surface area contributed by atoms with E-state index in [1.165, 1.54) is 23.4 Å². The number of nitrogens with one attached hydrogen (secondary N) is 1. The highest BCUT2D eigenvalue weighted by Gasteiger charge is 2.22. The van der Waals surface area contributed by atoms with Crippen LogP contribution in [-0.4, -0.2) is 17.6 Å². The van der Waals surface area contributed by atoms with Crippen LogP contribution in [0.5, 0.6) is 0 Å². The quantitative estimate of drug-likeness (QED) is 0.814. The Morgan fingerprint density at radius 1 is 1.25 bits per heavy atom. The van der Waals surface area contributed by atoms with Gasteiger partial charge in [0.1, 0.15) is 0 Å². The molecule has 3 rings (SSSR count). The molecule has 2 aromatic rings. The van der Waals surface area contributed by atoms with Crippen molar-refractivity contribution in [3.8, 4) is 0 Å². The average Bonchev–Trinajstić information content (AvgIpc) is 3.15. The van der Waals surface area contributed by atoms with Gasteiger partial charge in [0.05, 0.1) is 5.01 Å². The third-order valence-electron chi connectivity index (χ3n) is 3.66. The summed E-state index contributed by atoms with van der Waals surface area (Å²) in [4.78, 5) is 4.44. The molecule has 1 N–H and O–H groups in total. The van der Waals surface area contributed by atoms with Crippen LogP contribution in [0, 0.1) is 5.92 Å². The smallest absolute Gasteiger partial charge is 0.0928 e. The largest absolute Gasteiger partial charge is 0.314 e. The first kappa shape index (κ1) is 14.2. The van der Waals surface area contributed by atoms with E-state index in [4.69, 9.17) is 0 Å². The van der Waals surface area contributed by atoms with E-state index < -0.39 is 0 Å². The summed E-state index contributed by atoms with van der Waals surface area (Å²) in [5, 5.41) is 6.99. The van der Waals surface area contributed by atoms with Crippen molar-refractivity contribution in [1.82, 2.24) is 10.3 Å². The molecule has 1 atom stereocenters. The Kier molecular flexibility index (Phi) is 4.86. The van der Waals surface area contributed by atoms with E-state index in [2.05, 4.69) is 55.9 Å². The fraction of sp³-hybridized carbons (Fsp3) is 0.438. The zero-order valence-electron chi connectivity index (χ0n) is 11.4. The Hall–Kier alpha value is -0.710. The molecule has 0 bridgehead atoms. The lowest BCUT2D eigenvalue weighted by Gasteiger charge is -2.16. The van der Waals surface area contributed by atoms with Crippen molar-refractivity contribution in [3.63, 3.8) is 0 Å². The van der Waals surface area contributed by atoms with Gasteiger partial charge in [-0.2, -0.15) is 0 Å². The van der Waals surface area contributed by atoms with Crippen LogP contribution in [0.15, 0.2) is 40.3 Å². The lowest BCUT2D eigenvalue weighted by atomic mass is 9.96. The van der Waals surface area contributed by atoms with Gasteiger partial charge in [0, 0.05) is 28.5 Å². The first-order chi connectivity index (χ1) is 9.79. The van der Waals surface area contributed by atoms with Gasteiger partial charge >= 0.3 is 0 Å². The molecule has 1 heterocycles. The number of aromatic nitrogens is 1. The van der Waals surface area contributed by atoms with Crippen LogP contribution >= 0.6 is 27.3 Å². The summed E-state index contributed by atoms with van der Waals surface area (Å²) in [5.74, 6) is 0.628. The molecule has 1 aliphatic rings. The van der Waals surface area contributed by atoms with Crippen molar-refractivity contribution in [2.45, 2.75) is 31.7 Å². The Morgan fingerprint density at radius 2 is 2.05 bits per heavy atom. The monoisotopic (exact) mass is 350 g/mol. The molecule has 1 aliphatic carbocycles. The summed E-state index contributed by atoms with van der Waals surface area (Å²) in [5.41, 5.74) is 1.41. The molecule has 20 heavy (non-hydrogen) atoms. The van der Waals surface area contributed by atoms with Crippen molar-refractivity contribution in [2.24, 2.45) is 5.92 Å². The molecule has 1 fully saturated rings. The lowest BCUT2D eigenvalue weighted by molar-refractivity contribution is 0.468. The molecule has 0 radical (unpaired) electrons. The Balaban J connectivity index is 1.61. The zero-order chi connectivity index (χ0) is 13.8. The second kappa shape index (κ2) is 6.83. The maximum atomic E-state index is 4.44. The third kappa shape index (κ3) is 4.40. The summed E-state index contributed by atoms with van der Waals surface area (Å²) in [7, 11) is 0. The molecule has 2 nitrogen and oxygen atoms in total. The maximum Gasteiger partial charge on any atom is 0.0928 e. The minimum Gasteiger partial charge on any atom is -0.314 e. The van der Waals surface area contributed by atoms with E-state index in [0.29, 0.717) is 5.92 Å². The second-order valence-corrected chi connectivity index (χ2v) is 7.40. The Bertz CT molecular complexity index is 520. The summed E-state index contributed by atoms with van der Waals surface area (Å²) in [6.07, 6.45) is 6.80. The molecule has 4 heteroatoms. The standard InChI is InChI=1S/C16H19BrN2S/c17-14-3-1-12(2-4-14)9-13(11-19-15-5-6-15)10-16-18-7-8-20-16/h1-4,7-8,13,15,19H,5-6,9-11H2. The number of hydrogen-bond acceptors (Lipinski definition) is 3. The van der Waals surface area contributed by atoms with E-state index in [1.54, 1.807) is 11.3 Å². The van der Waals surface area contributed by atoms with Crippen molar-refractivity contribution in [2.75, 3.05) is 6.54 Å². The van der Waals surface area contributed by atoms with Crippen molar-refractivity contribution in [1.29, 1.82) is 0 Å². The highest BCUT2D eigenvalue weighted by Crippen LogP contribution is 2.22. The van der Waals surface area contributed by atoms with Gasteiger partial charge in [-0.3, -0.25) is 0 Å². The zero-order valence-corrected chi connectivity index (χ0v) is 13.8. The van der Waals surface area contributed by atoms with E-state index >= 15 is 0 Å². The van der Waals surface area contributed by atoms with Crippen molar-refractivity contribution in [3.05, 3.63) is 50.9 Å². The molecule has 106 valence electrons. The third-order valence-corrected chi connectivity index (χ3v) is 4.99. The van der Waals surface area contributed by atoms with Crippen molar-refractivity contribution >= 4 is 27.3 Å². The first-order valence-corrected chi connectivity index (χ1v) is 8.83. The van der Waals surface area contributed by atoms with E-state index in [1.807, 2.05) is 6.20 Å². The normalized spacial score (nSPS) is 16.2. The van der Waals surface area contributed by atoms with Crippen LogP contribution in [0.25, 0.3) is 0 Å². The minimum absolute atomic E-state index is 0.628. The molecule has 0 amide bonds. The number of nitrogens with zero attached hydrogens (tertiary/aromatic N) is 1. The van der Waals surface area contributed by atoms with Gasteiger partial charge in [0.2, 0.25) is 0 Å². The van der Waals surface area contributed by atoms with Gasteiger partial charge < -0.3 is 5.32 Å². The number of benzene rings is 1. The molecule has 1 saturated carbocycles. The molecule has 0 saturated heterocycles. The fourth-order valence-corrected chi connectivity index (χ4v) is 3.39. The summed E-state index contributed by atoms with van der Waals surface area (Å²) in [6, 6.07) is 9.47. The van der Waals surface area contributed by atoms with Gasteiger partial charge in [-0.1, -0.05) is 28.1 Å². The Morgan fingerprint density at radius 3 is 2.70 bits per heavy atom. The Labute approximate surface area is 132 Å². The summed E-state index contributed by atoms with van der Waals surface area (Å²) >= 11 is 5.27. The highest BCUT2D eigenvalue weighted by molar-refractivity contribution is 9.10. The van der Waals surface area contributed by atoms with Gasteiger partial charge in [0.25, 0.3) is 0 Å². The van der Waals surface area contributed by atoms with Gasteiger partial charge in [-0.05, 0) is 49.4 Å². The predicted octanol–water partition coefficient (Wildman–Crippen LogP) is 4.06. The van der Waals surface area contributed by atoms with Crippen LogP contribution in [-0.2, 0) is 12.8 Å². The molecule has 1 aromatic heterocycles. The summed E-state index contributed by atoms with van der Waals surface area (Å²) < 4.78 is 1.15. The molecule has 0 aliphatic heterocycles. The average molecular weight is 351 g/mol. The molecular weight excluding hydrogens is 332 g/mol. The summed E-state index contributed by atoms with van der Waals surface area (Å²) in [6.45, 7) is 1.10. The van der Waals surface area contributed by atoms with E-state index in [9.17, 15) is 0 Å². The number of hydrogen-bond donors (Lipinski definition) is 1. The molecule has 1 aromatic carbocycles.